The van der Waals surface area contributed by atoms with Gasteiger partial charge in [-0.2, -0.15) is 5.10 Å². The van der Waals surface area contributed by atoms with Crippen molar-refractivity contribution < 1.29 is 14.3 Å². The van der Waals surface area contributed by atoms with E-state index in [4.69, 9.17) is 4.74 Å². The Morgan fingerprint density at radius 2 is 2.08 bits per heavy atom. The van der Waals surface area contributed by atoms with Crippen LogP contribution in [0.4, 0.5) is 5.69 Å². The summed E-state index contributed by atoms with van der Waals surface area (Å²) in [4.78, 5) is 24.0. The molecule has 0 bridgehead atoms. The van der Waals surface area contributed by atoms with Crippen molar-refractivity contribution >= 4 is 40.1 Å². The molecule has 0 aliphatic carbocycles. The monoisotopic (exact) mass is 348 g/mol. The number of carbonyl (C=O) groups is 2. The van der Waals surface area contributed by atoms with Gasteiger partial charge in [0, 0.05) is 17.8 Å². The summed E-state index contributed by atoms with van der Waals surface area (Å²) in [6.45, 7) is 3.84. The molecule has 1 saturated heterocycles. The number of ether oxygens (including phenoxy) is 1. The van der Waals surface area contributed by atoms with E-state index >= 15 is 0 Å². The normalized spacial score (nSPS) is 19.3. The minimum atomic E-state index is -0.501. The van der Waals surface area contributed by atoms with Crippen molar-refractivity contribution in [2.24, 2.45) is 10.2 Å². The van der Waals surface area contributed by atoms with Crippen molar-refractivity contribution in [3.8, 4) is 5.75 Å². The van der Waals surface area contributed by atoms with Crippen molar-refractivity contribution in [1.82, 2.24) is 5.32 Å². The Morgan fingerprint density at radius 3 is 2.71 bits per heavy atom. The zero-order chi connectivity index (χ0) is 17.5. The molecule has 1 aromatic carbocycles. The number of hydrogen-bond acceptors (Lipinski definition) is 6. The first kappa shape index (κ1) is 18.0. The molecule has 1 aromatic rings. The fourth-order valence-electron chi connectivity index (χ4n) is 1.84. The van der Waals surface area contributed by atoms with Gasteiger partial charge in [-0.3, -0.25) is 9.59 Å². The van der Waals surface area contributed by atoms with Gasteiger partial charge in [-0.1, -0.05) is 18.7 Å². The second-order valence-corrected chi connectivity index (χ2v) is 6.36. The van der Waals surface area contributed by atoms with Gasteiger partial charge in [0.25, 0.3) is 0 Å². The largest absolute Gasteiger partial charge is 0.497 e. The lowest BCUT2D eigenvalue weighted by Gasteiger charge is -2.08. The van der Waals surface area contributed by atoms with Gasteiger partial charge in [0.15, 0.2) is 5.17 Å². The summed E-state index contributed by atoms with van der Waals surface area (Å²) in [5, 5.41) is 13.3. The summed E-state index contributed by atoms with van der Waals surface area (Å²) < 4.78 is 5.06. The summed E-state index contributed by atoms with van der Waals surface area (Å²) in [6, 6.07) is 7.00. The number of benzene rings is 1. The van der Waals surface area contributed by atoms with E-state index in [1.807, 2.05) is 13.8 Å². The Kier molecular flexibility index (Phi) is 6.36. The van der Waals surface area contributed by atoms with Crippen LogP contribution in [0.3, 0.4) is 0 Å². The third-order valence-electron chi connectivity index (χ3n) is 3.34. The predicted molar refractivity (Wildman–Crippen MR) is 96.6 cm³/mol. The second-order valence-electron chi connectivity index (χ2n) is 5.17. The highest BCUT2D eigenvalue weighted by atomic mass is 32.2. The summed E-state index contributed by atoms with van der Waals surface area (Å²) in [5.74, 6) is 0.248. The molecule has 0 radical (unpaired) electrons. The van der Waals surface area contributed by atoms with Crippen LogP contribution in [0.15, 0.2) is 34.5 Å². The number of amidine groups is 1. The Labute approximate surface area is 144 Å². The molecule has 1 heterocycles. The quantitative estimate of drug-likeness (QED) is 0.610. The SMILES string of the molecule is CCC(C)=NN=C1NC(=O)[C@H](CC(=O)Nc2ccc(OC)cc2)S1. The Hall–Kier alpha value is -2.35. The van der Waals surface area contributed by atoms with E-state index in [9.17, 15) is 9.59 Å². The van der Waals surface area contributed by atoms with E-state index in [1.165, 1.54) is 11.8 Å². The zero-order valence-electron chi connectivity index (χ0n) is 13.8. The van der Waals surface area contributed by atoms with Crippen LogP contribution in [0, 0.1) is 0 Å². The van der Waals surface area contributed by atoms with Crippen LogP contribution >= 0.6 is 11.8 Å². The number of rotatable bonds is 6. The molecule has 24 heavy (non-hydrogen) atoms. The number of nitrogens with one attached hydrogen (secondary N) is 2. The van der Waals surface area contributed by atoms with Crippen LogP contribution in [0.5, 0.6) is 5.75 Å². The highest BCUT2D eigenvalue weighted by Crippen LogP contribution is 2.23. The fourth-order valence-corrected chi connectivity index (χ4v) is 2.76. The molecule has 128 valence electrons. The number of nitrogens with zero attached hydrogens (tertiary/aromatic N) is 2. The lowest BCUT2D eigenvalue weighted by atomic mass is 10.2. The number of thioether (sulfide) groups is 1. The van der Waals surface area contributed by atoms with E-state index in [0.29, 0.717) is 16.6 Å². The molecule has 1 aliphatic heterocycles. The number of hydrogen-bond donors (Lipinski definition) is 2. The van der Waals surface area contributed by atoms with E-state index in [1.54, 1.807) is 31.4 Å². The van der Waals surface area contributed by atoms with E-state index in [2.05, 4.69) is 20.8 Å². The fraction of sp³-hybridized carbons (Fsp3) is 0.375. The van der Waals surface area contributed by atoms with E-state index < -0.39 is 5.25 Å². The molecular formula is C16H20N4O3S. The topological polar surface area (TPSA) is 92.2 Å². The minimum Gasteiger partial charge on any atom is -0.497 e. The van der Waals surface area contributed by atoms with Crippen molar-refractivity contribution in [3.63, 3.8) is 0 Å². The maximum Gasteiger partial charge on any atom is 0.240 e. The molecular weight excluding hydrogens is 328 g/mol. The average Bonchev–Trinajstić information content (AvgIpc) is 2.93. The summed E-state index contributed by atoms with van der Waals surface area (Å²) in [6.07, 6.45) is 0.862. The summed E-state index contributed by atoms with van der Waals surface area (Å²) in [5.41, 5.74) is 1.53. The van der Waals surface area contributed by atoms with Gasteiger partial charge in [0.2, 0.25) is 11.8 Å². The Balaban J connectivity index is 1.90. The zero-order valence-corrected chi connectivity index (χ0v) is 14.6. The van der Waals surface area contributed by atoms with E-state index in [0.717, 1.165) is 12.1 Å². The maximum absolute atomic E-state index is 12.1. The lowest BCUT2D eigenvalue weighted by Crippen LogP contribution is -2.28. The molecule has 0 unspecified atom stereocenters. The molecule has 0 saturated carbocycles. The van der Waals surface area contributed by atoms with Crippen LogP contribution in [-0.2, 0) is 9.59 Å². The molecule has 2 amide bonds. The molecule has 1 fully saturated rings. The molecule has 1 atom stereocenters. The Bertz CT molecular complexity index is 670. The standard InChI is InChI=1S/C16H20N4O3S/c1-4-10(2)19-20-16-18-15(22)13(24-16)9-14(21)17-11-5-7-12(23-3)8-6-11/h5-8,13H,4,9H2,1-3H3,(H,17,21)(H,18,20,22)/t13-/m0/s1. The van der Waals surface area contributed by atoms with Crippen LogP contribution in [0.25, 0.3) is 0 Å². The van der Waals surface area contributed by atoms with Crippen molar-refractivity contribution in [2.45, 2.75) is 31.9 Å². The smallest absolute Gasteiger partial charge is 0.240 e. The van der Waals surface area contributed by atoms with Gasteiger partial charge in [0.1, 0.15) is 11.0 Å². The van der Waals surface area contributed by atoms with Crippen molar-refractivity contribution in [2.75, 3.05) is 12.4 Å². The number of anilines is 1. The summed E-state index contributed by atoms with van der Waals surface area (Å²) >= 11 is 1.22. The Morgan fingerprint density at radius 1 is 1.38 bits per heavy atom. The number of methoxy groups -OCH3 is 1. The molecule has 2 N–H and O–H groups in total. The van der Waals surface area contributed by atoms with Gasteiger partial charge >= 0.3 is 0 Å². The lowest BCUT2D eigenvalue weighted by molar-refractivity contribution is -0.122. The van der Waals surface area contributed by atoms with Crippen LogP contribution < -0.4 is 15.4 Å². The van der Waals surface area contributed by atoms with E-state index in [-0.39, 0.29) is 18.2 Å². The highest BCUT2D eigenvalue weighted by Gasteiger charge is 2.32. The predicted octanol–water partition coefficient (Wildman–Crippen LogP) is 2.40. The first-order valence-corrected chi connectivity index (χ1v) is 8.42. The van der Waals surface area contributed by atoms with Crippen LogP contribution in [0.1, 0.15) is 26.7 Å². The maximum atomic E-state index is 12.1. The van der Waals surface area contributed by atoms with Gasteiger partial charge in [0.05, 0.1) is 7.11 Å². The molecule has 8 heteroatoms. The number of amides is 2. The van der Waals surface area contributed by atoms with Crippen molar-refractivity contribution in [3.05, 3.63) is 24.3 Å². The molecule has 2 rings (SSSR count). The molecule has 0 spiro atoms. The van der Waals surface area contributed by atoms with Gasteiger partial charge in [-0.05, 0) is 37.6 Å². The summed E-state index contributed by atoms with van der Waals surface area (Å²) in [7, 11) is 1.58. The van der Waals surface area contributed by atoms with Gasteiger partial charge < -0.3 is 15.4 Å². The highest BCUT2D eigenvalue weighted by molar-refractivity contribution is 8.15. The third kappa shape index (κ3) is 5.09. The van der Waals surface area contributed by atoms with Crippen LogP contribution in [0.2, 0.25) is 0 Å². The molecule has 1 aliphatic rings. The number of carbonyl (C=O) groups excluding carboxylic acids is 2. The second kappa shape index (κ2) is 8.49. The first-order valence-electron chi connectivity index (χ1n) is 7.54. The minimum absolute atomic E-state index is 0.0675. The first-order chi connectivity index (χ1) is 11.5. The third-order valence-corrected chi connectivity index (χ3v) is 4.42. The average molecular weight is 348 g/mol. The van der Waals surface area contributed by atoms with Gasteiger partial charge in [-0.25, -0.2) is 0 Å². The molecule has 7 nitrogen and oxygen atoms in total. The van der Waals surface area contributed by atoms with Crippen molar-refractivity contribution in [1.29, 1.82) is 0 Å². The molecule has 0 aromatic heterocycles. The van der Waals surface area contributed by atoms with Crippen LogP contribution in [-0.4, -0.2) is 35.1 Å². The van der Waals surface area contributed by atoms with Gasteiger partial charge in [-0.15, -0.1) is 5.10 Å².